The van der Waals surface area contributed by atoms with Gasteiger partial charge in [0.2, 0.25) is 0 Å². The SMILES string of the molecule is O=C1C(=O)N(C2CCCCC2)C(c2ccccn2)/C1=C(/O)c1ccc([N+](=O)[O-])cc1. The summed E-state index contributed by atoms with van der Waals surface area (Å²) in [6, 6.07) is 9.61. The fourth-order valence-electron chi connectivity index (χ4n) is 4.31. The number of amides is 1. The van der Waals surface area contributed by atoms with Gasteiger partial charge in [0.25, 0.3) is 17.4 Å². The lowest BCUT2D eigenvalue weighted by Gasteiger charge is -2.35. The van der Waals surface area contributed by atoms with Gasteiger partial charge in [-0.1, -0.05) is 25.3 Å². The lowest BCUT2D eigenvalue weighted by Crippen LogP contribution is -2.40. The molecule has 8 heteroatoms. The highest BCUT2D eigenvalue weighted by molar-refractivity contribution is 6.46. The number of nitro groups is 1. The van der Waals surface area contributed by atoms with E-state index >= 15 is 0 Å². The Morgan fingerprint density at radius 1 is 1.07 bits per heavy atom. The number of carbonyl (C=O) groups excluding carboxylic acids is 2. The summed E-state index contributed by atoms with van der Waals surface area (Å²) in [4.78, 5) is 42.3. The van der Waals surface area contributed by atoms with Crippen LogP contribution in [0.4, 0.5) is 5.69 Å². The van der Waals surface area contributed by atoms with Gasteiger partial charge in [-0.3, -0.25) is 24.7 Å². The average molecular weight is 407 g/mol. The van der Waals surface area contributed by atoms with Crippen LogP contribution in [0.1, 0.15) is 49.4 Å². The number of pyridine rings is 1. The number of hydrogen-bond donors (Lipinski definition) is 1. The molecule has 1 aromatic carbocycles. The summed E-state index contributed by atoms with van der Waals surface area (Å²) in [5, 5.41) is 21.9. The Balaban J connectivity index is 1.83. The monoisotopic (exact) mass is 407 g/mol. The van der Waals surface area contributed by atoms with Crippen molar-refractivity contribution in [2.24, 2.45) is 0 Å². The van der Waals surface area contributed by atoms with Gasteiger partial charge < -0.3 is 10.0 Å². The number of Topliss-reactive ketones (excluding diaryl/α,β-unsaturated/α-hetero) is 1. The molecule has 2 aromatic rings. The Kier molecular flexibility index (Phi) is 5.31. The third-order valence-electron chi connectivity index (χ3n) is 5.77. The predicted octanol–water partition coefficient (Wildman–Crippen LogP) is 3.74. The fourth-order valence-corrected chi connectivity index (χ4v) is 4.31. The molecule has 1 aliphatic heterocycles. The van der Waals surface area contributed by atoms with Gasteiger partial charge >= 0.3 is 0 Å². The van der Waals surface area contributed by atoms with E-state index in [0.29, 0.717) is 5.69 Å². The fraction of sp³-hybridized carbons (Fsp3) is 0.318. The Hall–Kier alpha value is -3.55. The molecule has 2 heterocycles. The maximum absolute atomic E-state index is 13.0. The van der Waals surface area contributed by atoms with E-state index in [-0.39, 0.29) is 28.6 Å². The Labute approximate surface area is 173 Å². The van der Waals surface area contributed by atoms with Gasteiger partial charge in [0, 0.05) is 29.9 Å². The first-order chi connectivity index (χ1) is 14.5. The zero-order valence-corrected chi connectivity index (χ0v) is 16.2. The highest BCUT2D eigenvalue weighted by atomic mass is 16.6. The standard InChI is InChI=1S/C22H21N3O5/c26-20(14-9-11-16(12-10-14)25(29)30)18-19(17-8-4-5-13-23-17)24(22(28)21(18)27)15-6-2-1-3-7-15/h4-5,8-13,15,19,26H,1-3,6-7H2/b20-18-. The summed E-state index contributed by atoms with van der Waals surface area (Å²) in [6.45, 7) is 0. The number of benzene rings is 1. The number of carbonyl (C=O) groups is 2. The molecule has 1 N–H and O–H groups in total. The number of aliphatic hydroxyl groups excluding tert-OH is 1. The van der Waals surface area contributed by atoms with Crippen LogP contribution < -0.4 is 0 Å². The molecular weight excluding hydrogens is 386 g/mol. The first-order valence-corrected chi connectivity index (χ1v) is 9.95. The number of ketones is 1. The number of aromatic nitrogens is 1. The number of nitrogens with zero attached hydrogens (tertiary/aromatic N) is 3. The van der Waals surface area contributed by atoms with E-state index in [1.54, 1.807) is 29.3 Å². The van der Waals surface area contributed by atoms with Crippen molar-refractivity contribution >= 4 is 23.1 Å². The molecule has 0 radical (unpaired) electrons. The number of hydrogen-bond acceptors (Lipinski definition) is 6. The van der Waals surface area contributed by atoms with Gasteiger partial charge in [-0.05, 0) is 37.1 Å². The lowest BCUT2D eigenvalue weighted by atomic mass is 9.92. The maximum Gasteiger partial charge on any atom is 0.295 e. The second-order valence-corrected chi connectivity index (χ2v) is 7.56. The smallest absolute Gasteiger partial charge is 0.295 e. The number of rotatable bonds is 4. The molecule has 0 spiro atoms. The zero-order chi connectivity index (χ0) is 21.3. The molecule has 1 aromatic heterocycles. The molecule has 1 aliphatic carbocycles. The van der Waals surface area contributed by atoms with Crippen molar-refractivity contribution < 1.29 is 19.6 Å². The minimum Gasteiger partial charge on any atom is -0.507 e. The highest BCUT2D eigenvalue weighted by Crippen LogP contribution is 2.42. The third kappa shape index (κ3) is 3.45. The van der Waals surface area contributed by atoms with Gasteiger partial charge in [-0.25, -0.2) is 0 Å². The first-order valence-electron chi connectivity index (χ1n) is 9.95. The van der Waals surface area contributed by atoms with Crippen molar-refractivity contribution in [2.75, 3.05) is 0 Å². The Morgan fingerprint density at radius 2 is 1.77 bits per heavy atom. The van der Waals surface area contributed by atoms with Crippen molar-refractivity contribution in [3.05, 3.63) is 75.6 Å². The van der Waals surface area contributed by atoms with Crippen molar-refractivity contribution in [3.63, 3.8) is 0 Å². The number of aliphatic hydroxyl groups is 1. The maximum atomic E-state index is 13.0. The molecule has 1 saturated heterocycles. The van der Waals surface area contributed by atoms with Crippen LogP contribution in [0.15, 0.2) is 54.2 Å². The Morgan fingerprint density at radius 3 is 2.37 bits per heavy atom. The van der Waals surface area contributed by atoms with Crippen molar-refractivity contribution in [2.45, 2.75) is 44.2 Å². The van der Waals surface area contributed by atoms with E-state index in [1.807, 2.05) is 0 Å². The van der Waals surface area contributed by atoms with Crippen LogP contribution in [-0.2, 0) is 9.59 Å². The van der Waals surface area contributed by atoms with Crippen molar-refractivity contribution in [1.82, 2.24) is 9.88 Å². The largest absolute Gasteiger partial charge is 0.507 e. The molecule has 2 aliphatic rings. The molecule has 30 heavy (non-hydrogen) atoms. The van der Waals surface area contributed by atoms with Gasteiger partial charge in [-0.2, -0.15) is 0 Å². The molecule has 0 bridgehead atoms. The van der Waals surface area contributed by atoms with Crippen LogP contribution in [0.25, 0.3) is 5.76 Å². The zero-order valence-electron chi connectivity index (χ0n) is 16.2. The van der Waals surface area contributed by atoms with Crippen LogP contribution in [-0.4, -0.2) is 37.6 Å². The summed E-state index contributed by atoms with van der Waals surface area (Å²) >= 11 is 0. The number of nitro benzene ring substituents is 1. The second-order valence-electron chi connectivity index (χ2n) is 7.56. The van der Waals surface area contributed by atoms with Gasteiger partial charge in [-0.15, -0.1) is 0 Å². The third-order valence-corrected chi connectivity index (χ3v) is 5.77. The Bertz CT molecular complexity index is 1010. The van der Waals surface area contributed by atoms with E-state index in [9.17, 15) is 24.8 Å². The quantitative estimate of drug-likeness (QED) is 0.271. The van der Waals surface area contributed by atoms with E-state index in [0.717, 1.165) is 32.1 Å². The minimum atomic E-state index is -0.788. The van der Waals surface area contributed by atoms with Crippen LogP contribution in [0.3, 0.4) is 0 Å². The molecule has 154 valence electrons. The van der Waals surface area contributed by atoms with Crippen LogP contribution in [0.2, 0.25) is 0 Å². The number of non-ortho nitro benzene ring substituents is 1. The van der Waals surface area contributed by atoms with Crippen molar-refractivity contribution in [3.8, 4) is 0 Å². The molecule has 1 unspecified atom stereocenters. The van der Waals surface area contributed by atoms with Crippen LogP contribution >= 0.6 is 0 Å². The summed E-state index contributed by atoms with van der Waals surface area (Å²) < 4.78 is 0. The summed E-state index contributed by atoms with van der Waals surface area (Å²) in [5.41, 5.74) is 0.586. The molecule has 8 nitrogen and oxygen atoms in total. The molecule has 1 amide bonds. The summed E-state index contributed by atoms with van der Waals surface area (Å²) in [5.74, 6) is -1.75. The molecule has 1 saturated carbocycles. The van der Waals surface area contributed by atoms with E-state index in [2.05, 4.69) is 4.98 Å². The van der Waals surface area contributed by atoms with E-state index in [1.165, 1.54) is 24.3 Å². The summed E-state index contributed by atoms with van der Waals surface area (Å²) in [6.07, 6.45) is 6.23. The van der Waals surface area contributed by atoms with E-state index < -0.39 is 22.7 Å². The van der Waals surface area contributed by atoms with Crippen molar-refractivity contribution in [1.29, 1.82) is 0 Å². The normalized spacial score (nSPS) is 21.7. The molecule has 1 atom stereocenters. The topological polar surface area (TPSA) is 114 Å². The molecule has 4 rings (SSSR count). The predicted molar refractivity (Wildman–Crippen MR) is 108 cm³/mol. The lowest BCUT2D eigenvalue weighted by molar-refractivity contribution is -0.384. The highest BCUT2D eigenvalue weighted by Gasteiger charge is 2.49. The van der Waals surface area contributed by atoms with Gasteiger partial charge in [0.1, 0.15) is 11.8 Å². The van der Waals surface area contributed by atoms with E-state index in [4.69, 9.17) is 0 Å². The molecular formula is C22H21N3O5. The van der Waals surface area contributed by atoms with Crippen LogP contribution in [0, 0.1) is 10.1 Å². The first kappa shape index (κ1) is 19.8. The number of likely N-dealkylation sites (tertiary alicyclic amines) is 1. The second kappa shape index (κ2) is 8.06. The van der Waals surface area contributed by atoms with Crippen LogP contribution in [0.5, 0.6) is 0 Å². The molecule has 2 fully saturated rings. The summed E-state index contributed by atoms with van der Waals surface area (Å²) in [7, 11) is 0. The van der Waals surface area contributed by atoms with Gasteiger partial charge in [0.05, 0.1) is 16.2 Å². The van der Waals surface area contributed by atoms with Gasteiger partial charge in [0.15, 0.2) is 0 Å². The average Bonchev–Trinajstić information content (AvgIpc) is 3.05. The minimum absolute atomic E-state index is 0.0295.